The maximum Gasteiger partial charge on any atom is 0.329 e. The zero-order valence-electron chi connectivity index (χ0n) is 23.3. The molecule has 0 spiro atoms. The quantitative estimate of drug-likeness (QED) is 0.218. The summed E-state index contributed by atoms with van der Waals surface area (Å²) in [5.41, 5.74) is 16.1. The molecule has 4 nitrogen and oxygen atoms in total. The fourth-order valence-electron chi connectivity index (χ4n) is 7.18. The van der Waals surface area contributed by atoms with Crippen LogP contribution in [0.25, 0.3) is 33.5 Å². The van der Waals surface area contributed by atoms with E-state index in [-0.39, 0.29) is 6.85 Å². The standard InChI is InChI=1S/C37H27BN4/c1-40-24-41(35-16-7-6-15-34(35)40)26-18-20-30-28-11-3-5-13-32(28)38-31-12-4-2-10-27(31)29-19-17-25(33-14-8-9-21-39-33)22-36(29)42(38)37(30)23-26/h2-23H,24H2,1H3. The van der Waals surface area contributed by atoms with Gasteiger partial charge in [-0.3, -0.25) is 4.98 Å². The zero-order valence-corrected chi connectivity index (χ0v) is 23.3. The summed E-state index contributed by atoms with van der Waals surface area (Å²) in [7, 11) is 2.17. The first kappa shape index (κ1) is 23.4. The number of benzene rings is 5. The van der Waals surface area contributed by atoms with Crippen molar-refractivity contribution in [1.82, 2.24) is 4.98 Å². The molecule has 0 fully saturated rings. The second-order valence-electron chi connectivity index (χ2n) is 11.4. The number of anilines is 5. The smallest absolute Gasteiger partial charge is 0.329 e. The van der Waals surface area contributed by atoms with Gasteiger partial charge in [0, 0.05) is 47.0 Å². The van der Waals surface area contributed by atoms with E-state index in [9.17, 15) is 0 Å². The lowest BCUT2D eigenvalue weighted by Crippen LogP contribution is -2.59. The van der Waals surface area contributed by atoms with E-state index in [1.807, 2.05) is 12.3 Å². The van der Waals surface area contributed by atoms with Crippen LogP contribution in [0, 0.1) is 0 Å². The summed E-state index contributed by atoms with van der Waals surface area (Å²) < 4.78 is 0. The molecule has 5 heteroatoms. The molecule has 0 unspecified atom stereocenters. The summed E-state index contributed by atoms with van der Waals surface area (Å²) in [5, 5.41) is 0. The Balaban J connectivity index is 1.31. The third-order valence-electron chi connectivity index (χ3n) is 9.06. The Morgan fingerprint density at radius 1 is 0.571 bits per heavy atom. The molecule has 0 bridgehead atoms. The van der Waals surface area contributed by atoms with Gasteiger partial charge in [0.25, 0.3) is 0 Å². The molecule has 1 aromatic heterocycles. The molecular formula is C37H27BN4. The molecule has 4 heterocycles. The monoisotopic (exact) mass is 538 g/mol. The van der Waals surface area contributed by atoms with E-state index < -0.39 is 0 Å². The SMILES string of the molecule is CN1CN(c2ccc3c(c2)N2B(c4ccccc4-c4ccc(-c5ccccn5)cc42)c2ccccc2-3)c2ccccc21. The highest BCUT2D eigenvalue weighted by Gasteiger charge is 2.42. The topological polar surface area (TPSA) is 22.6 Å². The van der Waals surface area contributed by atoms with Crippen molar-refractivity contribution in [2.45, 2.75) is 0 Å². The van der Waals surface area contributed by atoms with Gasteiger partial charge in [0.1, 0.15) is 0 Å². The highest BCUT2D eigenvalue weighted by molar-refractivity contribution is 6.92. The van der Waals surface area contributed by atoms with Crippen molar-refractivity contribution in [3.8, 4) is 33.5 Å². The van der Waals surface area contributed by atoms with Crippen molar-refractivity contribution < 1.29 is 0 Å². The van der Waals surface area contributed by atoms with Gasteiger partial charge in [-0.1, -0.05) is 84.9 Å². The second kappa shape index (κ2) is 8.86. The summed E-state index contributed by atoms with van der Waals surface area (Å²) in [5.74, 6) is 0. The Kier molecular flexibility index (Phi) is 4.94. The van der Waals surface area contributed by atoms with Crippen LogP contribution in [-0.2, 0) is 0 Å². The number of pyridine rings is 1. The number of hydrogen-bond donors (Lipinski definition) is 0. The average Bonchev–Trinajstić information content (AvgIpc) is 3.40. The number of aromatic nitrogens is 1. The fraction of sp³-hybridized carbons (Fsp3) is 0.0541. The lowest BCUT2D eigenvalue weighted by atomic mass is 9.43. The maximum atomic E-state index is 4.69. The minimum Gasteiger partial charge on any atom is -0.376 e. The van der Waals surface area contributed by atoms with Crippen LogP contribution in [0.5, 0.6) is 0 Å². The Bertz CT molecular complexity index is 2020. The van der Waals surface area contributed by atoms with Crippen molar-refractivity contribution in [2.24, 2.45) is 0 Å². The number of nitrogens with zero attached hydrogens (tertiary/aromatic N) is 4. The third-order valence-corrected chi connectivity index (χ3v) is 9.06. The molecule has 0 amide bonds. The van der Waals surface area contributed by atoms with Crippen LogP contribution in [0.3, 0.4) is 0 Å². The Hall–Kier alpha value is -5.29. The molecule has 6 aromatic rings. The lowest BCUT2D eigenvalue weighted by Gasteiger charge is -2.44. The lowest BCUT2D eigenvalue weighted by molar-refractivity contribution is 0.950. The van der Waals surface area contributed by atoms with Crippen LogP contribution in [0.4, 0.5) is 28.4 Å². The molecule has 0 saturated carbocycles. The van der Waals surface area contributed by atoms with Crippen LogP contribution in [0.1, 0.15) is 0 Å². The van der Waals surface area contributed by atoms with E-state index in [1.54, 1.807) is 0 Å². The van der Waals surface area contributed by atoms with E-state index in [0.29, 0.717) is 0 Å². The number of fused-ring (bicyclic) bond motifs is 12. The molecular weight excluding hydrogens is 511 g/mol. The van der Waals surface area contributed by atoms with E-state index in [4.69, 9.17) is 4.98 Å². The van der Waals surface area contributed by atoms with Gasteiger partial charge >= 0.3 is 6.85 Å². The molecule has 5 aromatic carbocycles. The molecule has 9 rings (SSSR count). The zero-order chi connectivity index (χ0) is 27.8. The first-order valence-electron chi connectivity index (χ1n) is 14.5. The van der Waals surface area contributed by atoms with E-state index in [2.05, 4.69) is 143 Å². The van der Waals surface area contributed by atoms with Crippen LogP contribution in [-0.4, -0.2) is 25.5 Å². The number of para-hydroxylation sites is 2. The van der Waals surface area contributed by atoms with Crippen molar-refractivity contribution in [3.63, 3.8) is 0 Å². The number of hydrogen-bond acceptors (Lipinski definition) is 4. The van der Waals surface area contributed by atoms with Gasteiger partial charge in [-0.2, -0.15) is 0 Å². The largest absolute Gasteiger partial charge is 0.376 e. The summed E-state index contributed by atoms with van der Waals surface area (Å²) in [6.07, 6.45) is 1.87. The van der Waals surface area contributed by atoms with E-state index in [0.717, 1.165) is 17.9 Å². The molecule has 198 valence electrons. The Morgan fingerprint density at radius 2 is 1.21 bits per heavy atom. The molecule has 3 aliphatic heterocycles. The molecule has 0 aliphatic carbocycles. The minimum absolute atomic E-state index is 0.0696. The van der Waals surface area contributed by atoms with Gasteiger partial charge in [-0.25, -0.2) is 0 Å². The summed E-state index contributed by atoms with van der Waals surface area (Å²) in [4.78, 5) is 12.0. The fourth-order valence-corrected chi connectivity index (χ4v) is 7.18. The van der Waals surface area contributed by atoms with Gasteiger partial charge in [0.15, 0.2) is 0 Å². The molecule has 42 heavy (non-hydrogen) atoms. The highest BCUT2D eigenvalue weighted by atomic mass is 15.4. The first-order valence-corrected chi connectivity index (χ1v) is 14.5. The predicted molar refractivity (Wildman–Crippen MR) is 176 cm³/mol. The highest BCUT2D eigenvalue weighted by Crippen LogP contribution is 2.49. The minimum atomic E-state index is 0.0696. The Labute approximate surface area is 246 Å². The van der Waals surface area contributed by atoms with E-state index in [1.165, 1.54) is 61.6 Å². The summed E-state index contributed by atoms with van der Waals surface area (Å²) in [6, 6.07) is 46.5. The molecule has 0 N–H and O–H groups in total. The normalized spacial score (nSPS) is 14.0. The molecule has 0 atom stereocenters. The van der Waals surface area contributed by atoms with Gasteiger partial charge in [-0.05, 0) is 64.5 Å². The van der Waals surface area contributed by atoms with Crippen molar-refractivity contribution in [1.29, 1.82) is 0 Å². The van der Waals surface area contributed by atoms with Crippen LogP contribution < -0.4 is 25.5 Å². The van der Waals surface area contributed by atoms with E-state index >= 15 is 0 Å². The van der Waals surface area contributed by atoms with Gasteiger partial charge < -0.3 is 14.6 Å². The van der Waals surface area contributed by atoms with Crippen LogP contribution >= 0.6 is 0 Å². The van der Waals surface area contributed by atoms with Gasteiger partial charge in [0.05, 0.1) is 23.7 Å². The van der Waals surface area contributed by atoms with Crippen LogP contribution in [0.15, 0.2) is 134 Å². The first-order chi connectivity index (χ1) is 20.8. The third kappa shape index (κ3) is 3.28. The molecule has 0 saturated heterocycles. The maximum absolute atomic E-state index is 4.69. The average molecular weight is 538 g/mol. The molecule has 0 radical (unpaired) electrons. The second-order valence-corrected chi connectivity index (χ2v) is 11.4. The Morgan fingerprint density at radius 3 is 1.95 bits per heavy atom. The van der Waals surface area contributed by atoms with Crippen molar-refractivity contribution >= 4 is 46.2 Å². The number of rotatable bonds is 2. The summed E-state index contributed by atoms with van der Waals surface area (Å²) in [6.45, 7) is 0.890. The van der Waals surface area contributed by atoms with Gasteiger partial charge in [0.2, 0.25) is 0 Å². The van der Waals surface area contributed by atoms with Crippen molar-refractivity contribution in [2.75, 3.05) is 28.3 Å². The van der Waals surface area contributed by atoms with Crippen LogP contribution in [0.2, 0.25) is 0 Å². The van der Waals surface area contributed by atoms with Crippen molar-refractivity contribution in [3.05, 3.63) is 134 Å². The summed E-state index contributed by atoms with van der Waals surface area (Å²) >= 11 is 0. The van der Waals surface area contributed by atoms with Gasteiger partial charge in [-0.15, -0.1) is 0 Å². The predicted octanol–water partition coefficient (Wildman–Crippen LogP) is 7.20. The molecule has 3 aliphatic rings.